The molecule has 1 aliphatic rings. The van der Waals surface area contributed by atoms with Crippen molar-refractivity contribution < 1.29 is 4.74 Å². The summed E-state index contributed by atoms with van der Waals surface area (Å²) in [5.41, 5.74) is 2.29. The SMILES string of the molecule is Cc1c(Cl)cccc1Oc1ccccc1C1CCNCC1. The average molecular weight is 302 g/mol. The van der Waals surface area contributed by atoms with Gasteiger partial charge in [0, 0.05) is 10.6 Å². The molecule has 1 saturated heterocycles. The Morgan fingerprint density at radius 1 is 1.00 bits per heavy atom. The number of hydrogen-bond acceptors (Lipinski definition) is 2. The van der Waals surface area contributed by atoms with Crippen molar-refractivity contribution >= 4 is 11.6 Å². The lowest BCUT2D eigenvalue weighted by atomic mass is 9.89. The summed E-state index contributed by atoms with van der Waals surface area (Å²) in [5, 5.41) is 4.15. The van der Waals surface area contributed by atoms with Crippen LogP contribution in [0, 0.1) is 6.92 Å². The second-order valence-electron chi connectivity index (χ2n) is 5.53. The number of hydrogen-bond donors (Lipinski definition) is 1. The van der Waals surface area contributed by atoms with E-state index in [1.807, 2.05) is 31.2 Å². The van der Waals surface area contributed by atoms with Crippen LogP contribution in [0.5, 0.6) is 11.5 Å². The minimum atomic E-state index is 0.571. The zero-order chi connectivity index (χ0) is 14.7. The Hall–Kier alpha value is -1.51. The van der Waals surface area contributed by atoms with Gasteiger partial charge in [-0.3, -0.25) is 0 Å². The van der Waals surface area contributed by atoms with Gasteiger partial charge >= 0.3 is 0 Å². The Bertz CT molecular complexity index is 620. The lowest BCUT2D eigenvalue weighted by Crippen LogP contribution is -2.26. The van der Waals surface area contributed by atoms with Crippen molar-refractivity contribution in [3.8, 4) is 11.5 Å². The molecule has 1 N–H and O–H groups in total. The van der Waals surface area contributed by atoms with E-state index in [0.717, 1.165) is 48.0 Å². The van der Waals surface area contributed by atoms with Crippen molar-refractivity contribution in [2.24, 2.45) is 0 Å². The maximum atomic E-state index is 6.18. The van der Waals surface area contributed by atoms with E-state index in [0.29, 0.717) is 5.92 Å². The summed E-state index contributed by atoms with van der Waals surface area (Å²) in [6, 6.07) is 14.2. The molecule has 0 spiro atoms. The predicted octanol–water partition coefficient (Wildman–Crippen LogP) is 4.91. The van der Waals surface area contributed by atoms with E-state index in [9.17, 15) is 0 Å². The largest absolute Gasteiger partial charge is 0.457 e. The highest BCUT2D eigenvalue weighted by molar-refractivity contribution is 6.31. The van der Waals surface area contributed by atoms with Crippen LogP contribution in [0.25, 0.3) is 0 Å². The Kier molecular flexibility index (Phi) is 4.47. The monoisotopic (exact) mass is 301 g/mol. The molecule has 0 aromatic heterocycles. The van der Waals surface area contributed by atoms with Crippen molar-refractivity contribution in [2.75, 3.05) is 13.1 Å². The average Bonchev–Trinajstić information content (AvgIpc) is 2.53. The van der Waals surface area contributed by atoms with E-state index in [-0.39, 0.29) is 0 Å². The first-order valence-corrected chi connectivity index (χ1v) is 7.86. The molecular formula is C18H20ClNO. The van der Waals surface area contributed by atoms with E-state index in [1.54, 1.807) is 0 Å². The number of nitrogens with one attached hydrogen (secondary N) is 1. The maximum absolute atomic E-state index is 6.18. The summed E-state index contributed by atoms with van der Waals surface area (Å²) < 4.78 is 6.17. The number of piperidine rings is 1. The van der Waals surface area contributed by atoms with Gasteiger partial charge in [-0.25, -0.2) is 0 Å². The molecule has 2 nitrogen and oxygen atoms in total. The number of halogens is 1. The second-order valence-corrected chi connectivity index (χ2v) is 5.93. The second kappa shape index (κ2) is 6.50. The summed E-state index contributed by atoms with van der Waals surface area (Å²) in [4.78, 5) is 0. The van der Waals surface area contributed by atoms with E-state index < -0.39 is 0 Å². The molecule has 110 valence electrons. The van der Waals surface area contributed by atoms with Gasteiger partial charge in [-0.1, -0.05) is 35.9 Å². The first-order valence-electron chi connectivity index (χ1n) is 7.48. The molecule has 3 heteroatoms. The summed E-state index contributed by atoms with van der Waals surface area (Å²) in [6.45, 7) is 4.15. The predicted molar refractivity (Wildman–Crippen MR) is 87.5 cm³/mol. The van der Waals surface area contributed by atoms with Crippen molar-refractivity contribution in [1.82, 2.24) is 5.32 Å². The van der Waals surface area contributed by atoms with Gasteiger partial charge in [0.1, 0.15) is 11.5 Å². The van der Waals surface area contributed by atoms with Crippen LogP contribution in [0.4, 0.5) is 0 Å². The zero-order valence-electron chi connectivity index (χ0n) is 12.2. The van der Waals surface area contributed by atoms with Crippen LogP contribution in [0.2, 0.25) is 5.02 Å². The molecule has 0 unspecified atom stereocenters. The smallest absolute Gasteiger partial charge is 0.131 e. The molecule has 0 amide bonds. The lowest BCUT2D eigenvalue weighted by molar-refractivity contribution is 0.428. The molecule has 0 bridgehead atoms. The lowest BCUT2D eigenvalue weighted by Gasteiger charge is -2.25. The Morgan fingerprint density at radius 2 is 1.71 bits per heavy atom. The molecule has 3 rings (SSSR count). The molecule has 1 heterocycles. The molecule has 1 aliphatic heterocycles. The highest BCUT2D eigenvalue weighted by Gasteiger charge is 2.19. The van der Waals surface area contributed by atoms with Crippen LogP contribution in [-0.4, -0.2) is 13.1 Å². The van der Waals surface area contributed by atoms with Gasteiger partial charge in [0.2, 0.25) is 0 Å². The Morgan fingerprint density at radius 3 is 2.52 bits per heavy atom. The van der Waals surface area contributed by atoms with Crippen molar-refractivity contribution in [2.45, 2.75) is 25.7 Å². The van der Waals surface area contributed by atoms with Crippen LogP contribution in [0.1, 0.15) is 29.9 Å². The fourth-order valence-corrected chi connectivity index (χ4v) is 3.03. The summed E-state index contributed by atoms with van der Waals surface area (Å²) in [7, 11) is 0. The number of para-hydroxylation sites is 1. The van der Waals surface area contributed by atoms with Gasteiger partial charge in [0.15, 0.2) is 0 Å². The molecule has 21 heavy (non-hydrogen) atoms. The van der Waals surface area contributed by atoms with Gasteiger partial charge in [0.25, 0.3) is 0 Å². The molecule has 2 aromatic carbocycles. The third kappa shape index (κ3) is 3.22. The third-order valence-electron chi connectivity index (χ3n) is 4.14. The molecule has 0 aliphatic carbocycles. The van der Waals surface area contributed by atoms with Gasteiger partial charge < -0.3 is 10.1 Å². The Labute approximate surface area is 131 Å². The topological polar surface area (TPSA) is 21.3 Å². The van der Waals surface area contributed by atoms with Crippen LogP contribution in [0.3, 0.4) is 0 Å². The van der Waals surface area contributed by atoms with Gasteiger partial charge in [-0.2, -0.15) is 0 Å². The van der Waals surface area contributed by atoms with E-state index in [4.69, 9.17) is 16.3 Å². The van der Waals surface area contributed by atoms with E-state index in [2.05, 4.69) is 23.5 Å². The van der Waals surface area contributed by atoms with Gasteiger partial charge in [0.05, 0.1) is 0 Å². The van der Waals surface area contributed by atoms with E-state index >= 15 is 0 Å². The quantitative estimate of drug-likeness (QED) is 0.870. The van der Waals surface area contributed by atoms with Crippen LogP contribution in [0.15, 0.2) is 42.5 Å². The maximum Gasteiger partial charge on any atom is 0.131 e. The summed E-state index contributed by atoms with van der Waals surface area (Å²) in [5.74, 6) is 2.36. The minimum absolute atomic E-state index is 0.571. The molecule has 0 saturated carbocycles. The molecule has 0 atom stereocenters. The molecule has 2 aromatic rings. The fraction of sp³-hybridized carbons (Fsp3) is 0.333. The summed E-state index contributed by atoms with van der Waals surface area (Å²) >= 11 is 6.18. The first kappa shape index (κ1) is 14.4. The summed E-state index contributed by atoms with van der Waals surface area (Å²) in [6.07, 6.45) is 2.32. The molecule has 0 radical (unpaired) electrons. The van der Waals surface area contributed by atoms with Crippen LogP contribution >= 0.6 is 11.6 Å². The number of ether oxygens (including phenoxy) is 1. The van der Waals surface area contributed by atoms with Crippen LogP contribution in [-0.2, 0) is 0 Å². The standard InChI is InChI=1S/C18H20ClNO/c1-13-16(19)6-4-8-17(13)21-18-7-3-2-5-15(18)14-9-11-20-12-10-14/h2-8,14,20H,9-12H2,1H3. The first-order chi connectivity index (χ1) is 10.3. The van der Waals surface area contributed by atoms with E-state index in [1.165, 1.54) is 5.56 Å². The normalized spacial score (nSPS) is 15.9. The number of benzene rings is 2. The minimum Gasteiger partial charge on any atom is -0.457 e. The van der Waals surface area contributed by atoms with Crippen molar-refractivity contribution in [3.05, 3.63) is 58.6 Å². The molecular weight excluding hydrogens is 282 g/mol. The van der Waals surface area contributed by atoms with Crippen molar-refractivity contribution in [1.29, 1.82) is 0 Å². The molecule has 1 fully saturated rings. The third-order valence-corrected chi connectivity index (χ3v) is 4.55. The highest BCUT2D eigenvalue weighted by Crippen LogP contribution is 2.36. The fourth-order valence-electron chi connectivity index (χ4n) is 2.86. The van der Waals surface area contributed by atoms with Gasteiger partial charge in [-0.15, -0.1) is 0 Å². The highest BCUT2D eigenvalue weighted by atomic mass is 35.5. The van der Waals surface area contributed by atoms with Gasteiger partial charge in [-0.05, 0) is 62.5 Å². The van der Waals surface area contributed by atoms with Crippen LogP contribution < -0.4 is 10.1 Å². The number of rotatable bonds is 3. The zero-order valence-corrected chi connectivity index (χ0v) is 13.0. The Balaban J connectivity index is 1.90. The van der Waals surface area contributed by atoms with Crippen molar-refractivity contribution in [3.63, 3.8) is 0 Å².